The van der Waals surface area contributed by atoms with Crippen LogP contribution in [0.15, 0.2) is 54.6 Å². The monoisotopic (exact) mass is 337 g/mol. The molecule has 0 saturated heterocycles. The Bertz CT molecular complexity index is 817. The zero-order valence-electron chi connectivity index (χ0n) is 14.7. The lowest BCUT2D eigenvalue weighted by molar-refractivity contribution is -0.155. The summed E-state index contributed by atoms with van der Waals surface area (Å²) in [7, 11) is 0. The first-order chi connectivity index (χ1) is 11.9. The number of aromatic nitrogens is 2. The minimum Gasteiger partial charge on any atom is -0.458 e. The third-order valence-electron chi connectivity index (χ3n) is 3.67. The number of rotatable bonds is 5. The van der Waals surface area contributed by atoms with Gasteiger partial charge in [-0.2, -0.15) is 0 Å². The first-order valence-electron chi connectivity index (χ1n) is 8.39. The lowest BCUT2D eigenvalue weighted by Crippen LogP contribution is -2.38. The molecule has 0 saturated carbocycles. The molecule has 25 heavy (non-hydrogen) atoms. The van der Waals surface area contributed by atoms with Crippen LogP contribution in [0.3, 0.4) is 0 Å². The molecule has 3 aromatic rings. The van der Waals surface area contributed by atoms with Gasteiger partial charge in [0.25, 0.3) is 0 Å². The van der Waals surface area contributed by atoms with Crippen LogP contribution < -0.4 is 5.32 Å². The number of carbonyl (C=O) groups is 1. The molecular formula is C20H23N3O2. The number of benzene rings is 2. The van der Waals surface area contributed by atoms with Gasteiger partial charge in [-0.25, -0.2) is 9.78 Å². The number of nitrogens with one attached hydrogen (secondary N) is 2. The Balaban J connectivity index is 1.83. The number of nitrogens with zero attached hydrogens (tertiary/aromatic N) is 1. The van der Waals surface area contributed by atoms with Gasteiger partial charge < -0.3 is 15.0 Å². The summed E-state index contributed by atoms with van der Waals surface area (Å²) in [5.74, 6) is 0.268. The molecule has 1 aromatic heterocycles. The fourth-order valence-electron chi connectivity index (χ4n) is 2.60. The number of anilines is 1. The van der Waals surface area contributed by atoms with E-state index in [1.165, 1.54) is 0 Å². The summed E-state index contributed by atoms with van der Waals surface area (Å²) in [4.78, 5) is 20.4. The van der Waals surface area contributed by atoms with Gasteiger partial charge in [0.05, 0.1) is 11.0 Å². The van der Waals surface area contributed by atoms with E-state index in [1.54, 1.807) is 0 Å². The summed E-state index contributed by atoms with van der Waals surface area (Å²) in [5.41, 5.74) is 2.30. The summed E-state index contributed by atoms with van der Waals surface area (Å²) >= 11 is 0. The fraction of sp³-hybridized carbons (Fsp3) is 0.300. The smallest absolute Gasteiger partial charge is 0.329 e. The Morgan fingerprint density at radius 2 is 1.80 bits per heavy atom. The van der Waals surface area contributed by atoms with E-state index < -0.39 is 11.6 Å². The topological polar surface area (TPSA) is 67.0 Å². The van der Waals surface area contributed by atoms with Crippen LogP contribution in [0.2, 0.25) is 0 Å². The Kier molecular flexibility index (Phi) is 4.74. The highest BCUT2D eigenvalue weighted by Gasteiger charge is 2.26. The molecule has 0 spiro atoms. The molecule has 0 aliphatic rings. The molecule has 130 valence electrons. The maximum absolute atomic E-state index is 12.7. The maximum atomic E-state index is 12.7. The number of aromatic amines is 1. The van der Waals surface area contributed by atoms with Crippen molar-refractivity contribution in [3.8, 4) is 0 Å². The van der Waals surface area contributed by atoms with E-state index in [0.717, 1.165) is 16.6 Å². The van der Waals surface area contributed by atoms with Gasteiger partial charge >= 0.3 is 5.97 Å². The molecule has 0 aliphatic carbocycles. The van der Waals surface area contributed by atoms with Gasteiger partial charge in [-0.3, -0.25) is 0 Å². The highest BCUT2D eigenvalue weighted by molar-refractivity contribution is 5.81. The Labute approximate surface area is 147 Å². The van der Waals surface area contributed by atoms with Gasteiger partial charge in [0, 0.05) is 6.42 Å². The van der Waals surface area contributed by atoms with Gasteiger partial charge in [0.15, 0.2) is 0 Å². The van der Waals surface area contributed by atoms with Crippen molar-refractivity contribution in [1.82, 2.24) is 9.97 Å². The zero-order chi connectivity index (χ0) is 17.9. The second kappa shape index (κ2) is 6.97. The molecule has 0 aliphatic heterocycles. The van der Waals surface area contributed by atoms with E-state index in [1.807, 2.05) is 75.4 Å². The second-order valence-electron chi connectivity index (χ2n) is 7.02. The molecule has 3 rings (SSSR count). The van der Waals surface area contributed by atoms with Crippen LogP contribution in [0.4, 0.5) is 5.95 Å². The number of ether oxygens (including phenoxy) is 1. The summed E-state index contributed by atoms with van der Waals surface area (Å²) in [6, 6.07) is 17.1. The highest BCUT2D eigenvalue weighted by Crippen LogP contribution is 2.17. The zero-order valence-corrected chi connectivity index (χ0v) is 14.7. The molecule has 0 fully saturated rings. The molecule has 2 N–H and O–H groups in total. The van der Waals surface area contributed by atoms with Gasteiger partial charge in [-0.05, 0) is 38.5 Å². The van der Waals surface area contributed by atoms with Crippen molar-refractivity contribution in [2.45, 2.75) is 38.8 Å². The first-order valence-corrected chi connectivity index (χ1v) is 8.39. The number of H-pyrrole nitrogens is 1. The standard InChI is InChI=1S/C20H23N3O2/c1-20(2,3)25-18(24)17(13-14-9-5-4-6-10-14)23-19-21-15-11-7-8-12-16(15)22-19/h4-12,17H,13H2,1-3H3,(H2,21,22,23)/t17-/m0/s1. The Morgan fingerprint density at radius 1 is 1.12 bits per heavy atom. The Morgan fingerprint density at radius 3 is 2.48 bits per heavy atom. The maximum Gasteiger partial charge on any atom is 0.329 e. The van der Waals surface area contributed by atoms with Crippen LogP contribution in [0, 0.1) is 0 Å². The molecular weight excluding hydrogens is 314 g/mol. The van der Waals surface area contributed by atoms with E-state index >= 15 is 0 Å². The van der Waals surface area contributed by atoms with Crippen molar-refractivity contribution in [2.24, 2.45) is 0 Å². The van der Waals surface area contributed by atoms with E-state index in [2.05, 4.69) is 15.3 Å². The van der Waals surface area contributed by atoms with E-state index in [0.29, 0.717) is 12.4 Å². The van der Waals surface area contributed by atoms with Crippen molar-refractivity contribution < 1.29 is 9.53 Å². The van der Waals surface area contributed by atoms with E-state index in [-0.39, 0.29) is 5.97 Å². The molecule has 5 heteroatoms. The number of hydrogen-bond acceptors (Lipinski definition) is 4. The Hall–Kier alpha value is -2.82. The number of hydrogen-bond donors (Lipinski definition) is 2. The number of imidazole rings is 1. The molecule has 5 nitrogen and oxygen atoms in total. The summed E-state index contributed by atoms with van der Waals surface area (Å²) in [5, 5.41) is 3.20. The number of fused-ring (bicyclic) bond motifs is 1. The van der Waals surface area contributed by atoms with Crippen molar-refractivity contribution in [3.05, 3.63) is 60.2 Å². The molecule has 1 heterocycles. The molecule has 0 radical (unpaired) electrons. The lowest BCUT2D eigenvalue weighted by atomic mass is 10.1. The predicted molar refractivity (Wildman–Crippen MR) is 99.5 cm³/mol. The van der Waals surface area contributed by atoms with Crippen LogP contribution in [-0.4, -0.2) is 27.6 Å². The fourth-order valence-corrected chi connectivity index (χ4v) is 2.60. The summed E-state index contributed by atoms with van der Waals surface area (Å²) in [6.45, 7) is 5.60. The van der Waals surface area contributed by atoms with Crippen molar-refractivity contribution >= 4 is 23.0 Å². The second-order valence-corrected chi connectivity index (χ2v) is 7.02. The van der Waals surface area contributed by atoms with Crippen molar-refractivity contribution in [1.29, 1.82) is 0 Å². The van der Waals surface area contributed by atoms with Crippen molar-refractivity contribution in [3.63, 3.8) is 0 Å². The van der Waals surface area contributed by atoms with Crippen LogP contribution >= 0.6 is 0 Å². The molecule has 1 atom stereocenters. The third kappa shape index (κ3) is 4.59. The number of para-hydroxylation sites is 2. The van der Waals surface area contributed by atoms with E-state index in [4.69, 9.17) is 4.74 Å². The van der Waals surface area contributed by atoms with Gasteiger partial charge in [-0.1, -0.05) is 42.5 Å². The molecule has 0 unspecified atom stereocenters. The quantitative estimate of drug-likeness (QED) is 0.692. The minimum absolute atomic E-state index is 0.295. The SMILES string of the molecule is CC(C)(C)OC(=O)[C@H](Cc1ccccc1)Nc1nc2ccccc2[nH]1. The highest BCUT2D eigenvalue weighted by atomic mass is 16.6. The van der Waals surface area contributed by atoms with Gasteiger partial charge in [0.2, 0.25) is 5.95 Å². The minimum atomic E-state index is -0.540. The van der Waals surface area contributed by atoms with E-state index in [9.17, 15) is 4.79 Å². The van der Waals surface area contributed by atoms with Crippen LogP contribution in [0.25, 0.3) is 11.0 Å². The third-order valence-corrected chi connectivity index (χ3v) is 3.67. The molecule has 0 bridgehead atoms. The summed E-state index contributed by atoms with van der Waals surface area (Å²) < 4.78 is 5.58. The van der Waals surface area contributed by atoms with Gasteiger partial charge in [-0.15, -0.1) is 0 Å². The van der Waals surface area contributed by atoms with Crippen LogP contribution in [-0.2, 0) is 16.0 Å². The normalized spacial score (nSPS) is 12.8. The predicted octanol–water partition coefficient (Wildman–Crippen LogP) is 3.93. The lowest BCUT2D eigenvalue weighted by Gasteiger charge is -2.24. The van der Waals surface area contributed by atoms with Gasteiger partial charge in [0.1, 0.15) is 11.6 Å². The molecule has 0 amide bonds. The summed E-state index contributed by atoms with van der Waals surface area (Å²) in [6.07, 6.45) is 0.521. The average Bonchev–Trinajstić information content (AvgIpc) is 2.96. The number of esters is 1. The number of carbonyl (C=O) groups excluding carboxylic acids is 1. The molecule has 2 aromatic carbocycles. The van der Waals surface area contributed by atoms with Crippen LogP contribution in [0.1, 0.15) is 26.3 Å². The van der Waals surface area contributed by atoms with Crippen molar-refractivity contribution in [2.75, 3.05) is 5.32 Å². The largest absolute Gasteiger partial charge is 0.458 e. The van der Waals surface area contributed by atoms with Crippen LogP contribution in [0.5, 0.6) is 0 Å². The average molecular weight is 337 g/mol. The first kappa shape index (κ1) is 17.0.